The summed E-state index contributed by atoms with van der Waals surface area (Å²) in [5.41, 5.74) is 1.04. The molecular weight excluding hydrogens is 428 g/mol. The smallest absolute Gasteiger partial charge is 0.243 e. The molecular formula is C20H23BrN2O3S. The van der Waals surface area contributed by atoms with Crippen molar-refractivity contribution in [3.63, 3.8) is 0 Å². The molecule has 1 saturated heterocycles. The predicted molar refractivity (Wildman–Crippen MR) is 109 cm³/mol. The predicted octanol–water partition coefficient (Wildman–Crippen LogP) is 3.56. The van der Waals surface area contributed by atoms with Gasteiger partial charge in [0.25, 0.3) is 0 Å². The van der Waals surface area contributed by atoms with Gasteiger partial charge >= 0.3 is 0 Å². The van der Waals surface area contributed by atoms with Crippen molar-refractivity contribution in [3.8, 4) is 0 Å². The Balaban J connectivity index is 1.48. The summed E-state index contributed by atoms with van der Waals surface area (Å²) in [7, 11) is -3.44. The summed E-state index contributed by atoms with van der Waals surface area (Å²) in [4.78, 5) is 12.6. The number of hydrogen-bond donors (Lipinski definition) is 1. The molecule has 1 N–H and O–H groups in total. The first-order valence-electron chi connectivity index (χ1n) is 9.02. The summed E-state index contributed by atoms with van der Waals surface area (Å²) >= 11 is 3.48. The van der Waals surface area contributed by atoms with Gasteiger partial charge in [-0.2, -0.15) is 4.31 Å². The van der Waals surface area contributed by atoms with Crippen LogP contribution in [0.4, 0.5) is 0 Å². The molecule has 0 atom stereocenters. The molecule has 27 heavy (non-hydrogen) atoms. The minimum absolute atomic E-state index is 0.00937. The fourth-order valence-corrected chi connectivity index (χ4v) is 5.18. The topological polar surface area (TPSA) is 66.5 Å². The summed E-state index contributed by atoms with van der Waals surface area (Å²) in [6.07, 6.45) is 1.84. The van der Waals surface area contributed by atoms with Gasteiger partial charge in [-0.3, -0.25) is 4.79 Å². The van der Waals surface area contributed by atoms with Crippen molar-refractivity contribution in [2.24, 2.45) is 5.92 Å². The van der Waals surface area contributed by atoms with E-state index in [-0.39, 0.29) is 11.8 Å². The van der Waals surface area contributed by atoms with Crippen LogP contribution in [0.1, 0.15) is 24.8 Å². The molecule has 1 aliphatic rings. The lowest BCUT2D eigenvalue weighted by atomic mass is 9.94. The molecule has 0 aromatic heterocycles. The quantitative estimate of drug-likeness (QED) is 0.731. The molecule has 0 radical (unpaired) electrons. The maximum Gasteiger partial charge on any atom is 0.243 e. The van der Waals surface area contributed by atoms with Crippen LogP contribution in [0.15, 0.2) is 64.0 Å². The van der Waals surface area contributed by atoms with Gasteiger partial charge in [0.05, 0.1) is 4.90 Å². The highest BCUT2D eigenvalue weighted by Gasteiger charge is 2.29. The number of piperidine rings is 1. The zero-order chi connectivity index (χ0) is 19.3. The van der Waals surface area contributed by atoms with Crippen LogP contribution in [0.5, 0.6) is 0 Å². The van der Waals surface area contributed by atoms with Gasteiger partial charge in [-0.15, -0.1) is 0 Å². The molecule has 1 aliphatic heterocycles. The molecule has 0 unspecified atom stereocenters. The van der Waals surface area contributed by atoms with Gasteiger partial charge in [0, 0.05) is 30.5 Å². The summed E-state index contributed by atoms with van der Waals surface area (Å²) in [6, 6.07) is 16.3. The molecule has 1 fully saturated rings. The van der Waals surface area contributed by atoms with Crippen LogP contribution in [0, 0.1) is 5.92 Å². The van der Waals surface area contributed by atoms with Gasteiger partial charge in [-0.05, 0) is 42.5 Å². The number of nitrogens with zero attached hydrogens (tertiary/aromatic N) is 1. The van der Waals surface area contributed by atoms with Crippen LogP contribution in [-0.2, 0) is 21.4 Å². The van der Waals surface area contributed by atoms with E-state index in [9.17, 15) is 13.2 Å². The molecule has 144 valence electrons. The summed E-state index contributed by atoms with van der Waals surface area (Å²) in [6.45, 7) is 1.40. The Morgan fingerprint density at radius 1 is 1.04 bits per heavy atom. The number of hydrogen-bond acceptors (Lipinski definition) is 3. The molecule has 7 heteroatoms. The van der Waals surface area contributed by atoms with Gasteiger partial charge in [0.1, 0.15) is 0 Å². The third kappa shape index (κ3) is 5.18. The van der Waals surface area contributed by atoms with Crippen molar-refractivity contribution in [1.29, 1.82) is 0 Å². The third-order valence-electron chi connectivity index (χ3n) is 4.86. The van der Waals surface area contributed by atoms with Crippen molar-refractivity contribution < 1.29 is 13.2 Å². The van der Waals surface area contributed by atoms with E-state index in [1.54, 1.807) is 30.3 Å². The van der Waals surface area contributed by atoms with Crippen LogP contribution in [0.2, 0.25) is 0 Å². The van der Waals surface area contributed by atoms with Crippen molar-refractivity contribution in [3.05, 3.63) is 64.6 Å². The van der Waals surface area contributed by atoms with E-state index in [0.29, 0.717) is 43.8 Å². The van der Waals surface area contributed by atoms with Gasteiger partial charge in [-0.1, -0.05) is 52.3 Å². The molecule has 5 nitrogen and oxygen atoms in total. The number of carbonyl (C=O) groups is 1. The second kappa shape index (κ2) is 8.99. The monoisotopic (exact) mass is 450 g/mol. The van der Waals surface area contributed by atoms with E-state index in [2.05, 4.69) is 21.2 Å². The molecule has 2 aromatic carbocycles. The minimum atomic E-state index is -3.44. The van der Waals surface area contributed by atoms with E-state index in [1.807, 2.05) is 24.3 Å². The highest BCUT2D eigenvalue weighted by atomic mass is 79.9. The molecule has 0 spiro atoms. The number of carbonyl (C=O) groups excluding carboxylic acids is 1. The van der Waals surface area contributed by atoms with E-state index >= 15 is 0 Å². The standard InChI is InChI=1S/C20H23BrN2O3S/c21-19-9-5-4-6-17(19)15-22-20(24)14-16-10-12-23(13-11-16)27(25,26)18-7-2-1-3-8-18/h1-9,16H,10-15H2,(H,22,24). The zero-order valence-corrected chi connectivity index (χ0v) is 17.4. The van der Waals surface area contributed by atoms with Crippen LogP contribution >= 0.6 is 15.9 Å². The Bertz CT molecular complexity index is 879. The average Bonchev–Trinajstić information content (AvgIpc) is 2.68. The van der Waals surface area contributed by atoms with Crippen molar-refractivity contribution in [1.82, 2.24) is 9.62 Å². The van der Waals surface area contributed by atoms with E-state index in [1.165, 1.54) is 4.31 Å². The van der Waals surface area contributed by atoms with Crippen LogP contribution in [-0.4, -0.2) is 31.7 Å². The number of sulfonamides is 1. The molecule has 0 saturated carbocycles. The SMILES string of the molecule is O=C(CC1CCN(S(=O)(=O)c2ccccc2)CC1)NCc1ccccc1Br. The first kappa shape index (κ1) is 20.0. The lowest BCUT2D eigenvalue weighted by Crippen LogP contribution is -2.39. The Labute approximate surface area is 169 Å². The van der Waals surface area contributed by atoms with E-state index in [4.69, 9.17) is 0 Å². The number of benzene rings is 2. The Hall–Kier alpha value is -1.70. The summed E-state index contributed by atoms with van der Waals surface area (Å²) in [5.74, 6) is 0.224. The number of rotatable bonds is 6. The highest BCUT2D eigenvalue weighted by molar-refractivity contribution is 9.10. The lowest BCUT2D eigenvalue weighted by molar-refractivity contribution is -0.122. The molecule has 2 aromatic rings. The van der Waals surface area contributed by atoms with Gasteiger partial charge < -0.3 is 5.32 Å². The third-order valence-corrected chi connectivity index (χ3v) is 7.55. The average molecular weight is 451 g/mol. The largest absolute Gasteiger partial charge is 0.352 e. The zero-order valence-electron chi connectivity index (χ0n) is 15.0. The van der Waals surface area contributed by atoms with Gasteiger partial charge in [-0.25, -0.2) is 8.42 Å². The molecule has 1 heterocycles. The fourth-order valence-electron chi connectivity index (χ4n) is 3.27. The second-order valence-electron chi connectivity index (χ2n) is 6.73. The summed E-state index contributed by atoms with van der Waals surface area (Å²) < 4.78 is 27.8. The first-order chi connectivity index (χ1) is 13.0. The molecule has 3 rings (SSSR count). The lowest BCUT2D eigenvalue weighted by Gasteiger charge is -2.31. The van der Waals surface area contributed by atoms with Crippen molar-refractivity contribution in [2.45, 2.75) is 30.7 Å². The molecule has 0 bridgehead atoms. The van der Waals surface area contributed by atoms with Gasteiger partial charge in [0.15, 0.2) is 0 Å². The Kier molecular flexibility index (Phi) is 6.68. The summed E-state index contributed by atoms with van der Waals surface area (Å²) in [5, 5.41) is 2.95. The number of amides is 1. The van der Waals surface area contributed by atoms with E-state index < -0.39 is 10.0 Å². The highest BCUT2D eigenvalue weighted by Crippen LogP contribution is 2.25. The first-order valence-corrected chi connectivity index (χ1v) is 11.3. The molecule has 0 aliphatic carbocycles. The second-order valence-corrected chi connectivity index (χ2v) is 9.53. The Morgan fingerprint density at radius 2 is 1.67 bits per heavy atom. The van der Waals surface area contributed by atoms with Crippen LogP contribution in [0.3, 0.4) is 0 Å². The molecule has 1 amide bonds. The fraction of sp³-hybridized carbons (Fsp3) is 0.350. The maximum absolute atomic E-state index is 12.6. The maximum atomic E-state index is 12.6. The Morgan fingerprint density at radius 3 is 2.33 bits per heavy atom. The normalized spacial score (nSPS) is 16.2. The van der Waals surface area contributed by atoms with Crippen molar-refractivity contribution >= 4 is 31.9 Å². The van der Waals surface area contributed by atoms with Crippen molar-refractivity contribution in [2.75, 3.05) is 13.1 Å². The van der Waals surface area contributed by atoms with E-state index in [0.717, 1.165) is 10.0 Å². The number of nitrogens with one attached hydrogen (secondary N) is 1. The van der Waals surface area contributed by atoms with Gasteiger partial charge in [0.2, 0.25) is 15.9 Å². The number of halogens is 1. The van der Waals surface area contributed by atoms with Crippen LogP contribution < -0.4 is 5.32 Å². The minimum Gasteiger partial charge on any atom is -0.352 e. The van der Waals surface area contributed by atoms with Crippen LogP contribution in [0.25, 0.3) is 0 Å².